The van der Waals surface area contributed by atoms with Gasteiger partial charge in [-0.1, -0.05) is 12.8 Å². The third-order valence-electron chi connectivity index (χ3n) is 2.88. The molecular formula is C13H30N4O3. The minimum absolute atomic E-state index is 0.598. The molecule has 2 atom stereocenters. The Hall–Kier alpha value is -0.890. The highest BCUT2D eigenvalue weighted by Gasteiger charge is 2.14. The van der Waals surface area contributed by atoms with Gasteiger partial charge in [0.2, 0.25) is 0 Å². The highest BCUT2D eigenvalue weighted by Crippen LogP contribution is 2.06. The number of carbonyl (C=O) groups is 1. The van der Waals surface area contributed by atoms with Gasteiger partial charge in [-0.2, -0.15) is 0 Å². The lowest BCUT2D eigenvalue weighted by atomic mass is 10.2. The second-order valence-corrected chi connectivity index (χ2v) is 4.84. The average molecular weight is 290 g/mol. The summed E-state index contributed by atoms with van der Waals surface area (Å²) in [5, 5.41) is 0. The Balaban J connectivity index is 3.59. The molecule has 0 aliphatic heterocycles. The lowest BCUT2D eigenvalue weighted by Gasteiger charge is -2.16. The molecule has 0 aliphatic rings. The first-order valence-electron chi connectivity index (χ1n) is 7.38. The van der Waals surface area contributed by atoms with Crippen LogP contribution in [0, 0.1) is 0 Å². The summed E-state index contributed by atoms with van der Waals surface area (Å²) in [6.07, 6.45) is 4.69. The maximum Gasteiger partial charge on any atom is 0.511 e. The van der Waals surface area contributed by atoms with Gasteiger partial charge in [-0.3, -0.25) is 11.5 Å². The largest absolute Gasteiger partial charge is 0.511 e. The summed E-state index contributed by atoms with van der Waals surface area (Å²) in [5.74, 6) is 0. The van der Waals surface area contributed by atoms with Crippen LogP contribution in [0.25, 0.3) is 0 Å². The zero-order chi connectivity index (χ0) is 15.2. The van der Waals surface area contributed by atoms with Crippen molar-refractivity contribution in [3.63, 3.8) is 0 Å². The lowest BCUT2D eigenvalue weighted by molar-refractivity contribution is -0.00352. The Morgan fingerprint density at radius 2 is 1.15 bits per heavy atom. The van der Waals surface area contributed by atoms with E-state index in [1.165, 1.54) is 0 Å². The van der Waals surface area contributed by atoms with E-state index in [1.807, 2.05) is 0 Å². The van der Waals surface area contributed by atoms with Crippen LogP contribution in [0.1, 0.15) is 51.4 Å². The highest BCUT2D eigenvalue weighted by molar-refractivity contribution is 5.60. The molecule has 0 saturated heterocycles. The summed E-state index contributed by atoms with van der Waals surface area (Å²) >= 11 is 0. The van der Waals surface area contributed by atoms with Crippen LogP contribution in [0.15, 0.2) is 0 Å². The highest BCUT2D eigenvalue weighted by atomic mass is 16.7. The predicted octanol–water partition coefficient (Wildman–Crippen LogP) is 0.747. The first-order chi connectivity index (χ1) is 9.60. The summed E-state index contributed by atoms with van der Waals surface area (Å²) in [6.45, 7) is 1.33. The summed E-state index contributed by atoms with van der Waals surface area (Å²) in [4.78, 5) is 11.4. The fourth-order valence-electron chi connectivity index (χ4n) is 1.73. The molecule has 0 fully saturated rings. The first kappa shape index (κ1) is 19.1. The van der Waals surface area contributed by atoms with Crippen molar-refractivity contribution in [3.05, 3.63) is 0 Å². The van der Waals surface area contributed by atoms with Gasteiger partial charge < -0.3 is 20.9 Å². The Bertz CT molecular complexity index is 220. The molecule has 120 valence electrons. The molecule has 0 amide bonds. The molecule has 0 bridgehead atoms. The van der Waals surface area contributed by atoms with E-state index < -0.39 is 18.6 Å². The number of rotatable bonds is 12. The first-order valence-corrected chi connectivity index (χ1v) is 7.38. The van der Waals surface area contributed by atoms with E-state index in [2.05, 4.69) is 0 Å². The van der Waals surface area contributed by atoms with Gasteiger partial charge in [-0.25, -0.2) is 4.79 Å². The van der Waals surface area contributed by atoms with Crippen LogP contribution in [0.5, 0.6) is 0 Å². The van der Waals surface area contributed by atoms with Crippen molar-refractivity contribution in [2.24, 2.45) is 22.9 Å². The smallest absolute Gasteiger partial charge is 0.415 e. The van der Waals surface area contributed by atoms with Crippen molar-refractivity contribution in [3.8, 4) is 0 Å². The molecule has 0 aliphatic carbocycles. The Morgan fingerprint density at radius 1 is 0.750 bits per heavy atom. The Labute approximate surface area is 121 Å². The van der Waals surface area contributed by atoms with Crippen LogP contribution < -0.4 is 22.9 Å². The average Bonchev–Trinajstić information content (AvgIpc) is 2.39. The van der Waals surface area contributed by atoms with Gasteiger partial charge in [0.05, 0.1) is 0 Å². The van der Waals surface area contributed by atoms with Crippen molar-refractivity contribution < 1.29 is 14.3 Å². The topological polar surface area (TPSA) is 140 Å². The molecule has 2 unspecified atom stereocenters. The van der Waals surface area contributed by atoms with Crippen LogP contribution in [0.3, 0.4) is 0 Å². The van der Waals surface area contributed by atoms with Crippen LogP contribution >= 0.6 is 0 Å². The van der Waals surface area contributed by atoms with Gasteiger partial charge in [-0.05, 0) is 51.6 Å². The van der Waals surface area contributed by atoms with E-state index in [1.54, 1.807) is 0 Å². The molecule has 0 spiro atoms. The van der Waals surface area contributed by atoms with Crippen LogP contribution in [0.2, 0.25) is 0 Å². The third kappa shape index (κ3) is 12.2. The lowest BCUT2D eigenvalue weighted by Crippen LogP contribution is -2.32. The predicted molar refractivity (Wildman–Crippen MR) is 78.6 cm³/mol. The minimum Gasteiger partial charge on any atom is -0.415 e. The van der Waals surface area contributed by atoms with Gasteiger partial charge in [0, 0.05) is 0 Å². The summed E-state index contributed by atoms with van der Waals surface area (Å²) in [7, 11) is 0. The van der Waals surface area contributed by atoms with Crippen molar-refractivity contribution in [2.45, 2.75) is 63.8 Å². The zero-order valence-corrected chi connectivity index (χ0v) is 12.3. The fraction of sp³-hybridized carbons (Fsp3) is 0.923. The SMILES string of the molecule is NCCCCCC(N)OC(=O)OC(N)CCCCCN. The van der Waals surface area contributed by atoms with Crippen molar-refractivity contribution in [2.75, 3.05) is 13.1 Å². The van der Waals surface area contributed by atoms with Crippen LogP contribution in [-0.2, 0) is 9.47 Å². The monoisotopic (exact) mass is 290 g/mol. The number of hydrogen-bond acceptors (Lipinski definition) is 7. The minimum atomic E-state index is -0.803. The van der Waals surface area contributed by atoms with E-state index in [0.29, 0.717) is 25.9 Å². The van der Waals surface area contributed by atoms with E-state index in [9.17, 15) is 4.79 Å². The molecule has 7 heteroatoms. The van der Waals surface area contributed by atoms with Gasteiger partial charge in [0.25, 0.3) is 0 Å². The molecule has 0 rings (SSSR count). The molecule has 0 aromatic rings. The van der Waals surface area contributed by atoms with E-state index in [4.69, 9.17) is 32.4 Å². The second kappa shape index (κ2) is 13.1. The van der Waals surface area contributed by atoms with Crippen LogP contribution in [-0.4, -0.2) is 31.7 Å². The number of ether oxygens (including phenoxy) is 2. The summed E-state index contributed by atoms with van der Waals surface area (Å²) in [5.41, 5.74) is 22.1. The Kier molecular flexibility index (Phi) is 12.5. The second-order valence-electron chi connectivity index (χ2n) is 4.84. The summed E-state index contributed by atoms with van der Waals surface area (Å²) < 4.78 is 9.83. The van der Waals surface area contributed by atoms with E-state index in [-0.39, 0.29) is 0 Å². The molecular weight excluding hydrogens is 260 g/mol. The third-order valence-corrected chi connectivity index (χ3v) is 2.88. The molecule has 7 nitrogen and oxygen atoms in total. The molecule has 0 saturated carbocycles. The van der Waals surface area contributed by atoms with Gasteiger partial charge >= 0.3 is 6.16 Å². The molecule has 0 aromatic heterocycles. The maximum atomic E-state index is 11.4. The number of nitrogens with two attached hydrogens (primary N) is 4. The van der Waals surface area contributed by atoms with Gasteiger partial charge in [0.1, 0.15) is 0 Å². The Morgan fingerprint density at radius 3 is 1.50 bits per heavy atom. The molecule has 0 aromatic carbocycles. The summed E-state index contributed by atoms with van der Waals surface area (Å²) in [6, 6.07) is 0. The normalized spacial score (nSPS) is 13.8. The van der Waals surface area contributed by atoms with E-state index >= 15 is 0 Å². The number of unbranched alkanes of at least 4 members (excludes halogenated alkanes) is 4. The quantitative estimate of drug-likeness (QED) is 0.236. The maximum absolute atomic E-state index is 11.4. The van der Waals surface area contributed by atoms with Crippen molar-refractivity contribution in [1.29, 1.82) is 0 Å². The molecule has 20 heavy (non-hydrogen) atoms. The fourth-order valence-corrected chi connectivity index (χ4v) is 1.73. The van der Waals surface area contributed by atoms with Gasteiger partial charge in [-0.15, -0.1) is 0 Å². The molecule has 8 N–H and O–H groups in total. The standard InChI is InChI=1S/C13H30N4O3/c14-9-5-1-3-7-11(16)19-13(18)20-12(17)8-4-2-6-10-15/h11-12H,1-10,14-17H2. The van der Waals surface area contributed by atoms with Gasteiger partial charge in [0.15, 0.2) is 12.5 Å². The van der Waals surface area contributed by atoms with Crippen molar-refractivity contribution >= 4 is 6.16 Å². The number of carbonyl (C=O) groups excluding carboxylic acids is 1. The van der Waals surface area contributed by atoms with E-state index in [0.717, 1.165) is 38.5 Å². The van der Waals surface area contributed by atoms with Crippen molar-refractivity contribution in [1.82, 2.24) is 0 Å². The zero-order valence-electron chi connectivity index (χ0n) is 12.3. The number of hydrogen-bond donors (Lipinski definition) is 4. The molecule has 0 heterocycles. The van der Waals surface area contributed by atoms with Crippen LogP contribution in [0.4, 0.5) is 4.79 Å². The molecule has 0 radical (unpaired) electrons.